The van der Waals surface area contributed by atoms with E-state index in [9.17, 15) is 4.79 Å². The van der Waals surface area contributed by atoms with Gasteiger partial charge in [0.25, 0.3) is 0 Å². The van der Waals surface area contributed by atoms with Gasteiger partial charge >= 0.3 is 4.87 Å². The molecule has 6 heteroatoms. The SMILES string of the molecule is O=c1sc2c(n1C[C@@H]1CO1)SC[C@@H]1COc3ccccc3[C@H]21. The predicted octanol–water partition coefficient (Wildman–Crippen LogP) is 2.55. The average Bonchev–Trinajstić information content (AvgIpc) is 3.31. The molecule has 1 aromatic carbocycles. The molecule has 22 heavy (non-hydrogen) atoms. The van der Waals surface area contributed by atoms with Crippen LogP contribution in [-0.2, 0) is 11.3 Å². The van der Waals surface area contributed by atoms with Crippen LogP contribution < -0.4 is 9.61 Å². The van der Waals surface area contributed by atoms with Gasteiger partial charge < -0.3 is 9.47 Å². The maximum atomic E-state index is 12.4. The summed E-state index contributed by atoms with van der Waals surface area (Å²) in [6, 6.07) is 8.24. The maximum absolute atomic E-state index is 12.4. The highest BCUT2D eigenvalue weighted by Gasteiger charge is 2.40. The molecule has 1 fully saturated rings. The fraction of sp³-hybridized carbons (Fsp3) is 0.438. The molecule has 0 aliphatic carbocycles. The first-order chi connectivity index (χ1) is 10.8. The minimum absolute atomic E-state index is 0.151. The number of epoxide rings is 1. The van der Waals surface area contributed by atoms with Gasteiger partial charge in [-0.25, -0.2) is 0 Å². The standard InChI is InChI=1S/C16H15NO3S2/c18-16-17(5-10-7-19-10)15-14(22-16)13-9(8-21-15)6-20-12-4-2-1-3-11(12)13/h1-4,9-10,13H,5-8H2/t9-,10+,13+/m0/s1. The summed E-state index contributed by atoms with van der Waals surface area (Å²) >= 11 is 3.22. The summed E-state index contributed by atoms with van der Waals surface area (Å²) in [4.78, 5) is 13.8. The van der Waals surface area contributed by atoms with E-state index in [-0.39, 0.29) is 11.0 Å². The van der Waals surface area contributed by atoms with Gasteiger partial charge in [0.2, 0.25) is 0 Å². The number of hydrogen-bond acceptors (Lipinski definition) is 5. The van der Waals surface area contributed by atoms with Crippen molar-refractivity contribution in [3.63, 3.8) is 0 Å². The zero-order chi connectivity index (χ0) is 14.7. The van der Waals surface area contributed by atoms with Gasteiger partial charge in [-0.3, -0.25) is 9.36 Å². The number of nitrogens with zero attached hydrogens (tertiary/aromatic N) is 1. The Balaban J connectivity index is 1.65. The fourth-order valence-electron chi connectivity index (χ4n) is 3.39. The molecule has 3 atom stereocenters. The van der Waals surface area contributed by atoms with Gasteiger partial charge in [0.1, 0.15) is 5.75 Å². The topological polar surface area (TPSA) is 43.8 Å². The Labute approximate surface area is 136 Å². The summed E-state index contributed by atoms with van der Waals surface area (Å²) in [6.07, 6.45) is 0.233. The molecule has 3 aliphatic rings. The van der Waals surface area contributed by atoms with Gasteiger partial charge in [-0.05, 0) is 6.07 Å². The molecule has 0 bridgehead atoms. The van der Waals surface area contributed by atoms with E-state index in [2.05, 4.69) is 12.1 Å². The van der Waals surface area contributed by atoms with E-state index >= 15 is 0 Å². The van der Waals surface area contributed by atoms with Crippen molar-refractivity contribution < 1.29 is 9.47 Å². The minimum atomic E-state index is 0.151. The van der Waals surface area contributed by atoms with Crippen LogP contribution in [0.15, 0.2) is 34.1 Å². The van der Waals surface area contributed by atoms with Crippen molar-refractivity contribution in [1.82, 2.24) is 4.57 Å². The Morgan fingerprint density at radius 3 is 3.00 bits per heavy atom. The van der Waals surface area contributed by atoms with Crippen molar-refractivity contribution in [2.45, 2.75) is 23.6 Å². The summed E-state index contributed by atoms with van der Waals surface area (Å²) in [5.74, 6) is 2.74. The normalized spacial score (nSPS) is 28.3. The third kappa shape index (κ3) is 1.97. The molecular weight excluding hydrogens is 318 g/mol. The van der Waals surface area contributed by atoms with Crippen LogP contribution in [-0.4, -0.2) is 29.6 Å². The average molecular weight is 333 g/mol. The summed E-state index contributed by atoms with van der Waals surface area (Å²) < 4.78 is 13.1. The number of aromatic nitrogens is 1. The summed E-state index contributed by atoms with van der Waals surface area (Å²) in [5.41, 5.74) is 1.23. The molecule has 5 rings (SSSR count). The predicted molar refractivity (Wildman–Crippen MR) is 86.3 cm³/mol. The lowest BCUT2D eigenvalue weighted by Gasteiger charge is -2.36. The Hall–Kier alpha value is -1.24. The van der Waals surface area contributed by atoms with Crippen LogP contribution >= 0.6 is 23.1 Å². The van der Waals surface area contributed by atoms with Crippen molar-refractivity contribution >= 4 is 23.1 Å². The molecule has 0 unspecified atom stereocenters. The van der Waals surface area contributed by atoms with E-state index in [1.165, 1.54) is 21.8 Å². The third-order valence-corrected chi connectivity index (χ3v) is 7.06. The lowest BCUT2D eigenvalue weighted by Crippen LogP contribution is -2.31. The number of rotatable bonds is 2. The van der Waals surface area contributed by atoms with Gasteiger partial charge in [0.05, 0.1) is 30.9 Å². The lowest BCUT2D eigenvalue weighted by atomic mass is 9.84. The first-order valence-electron chi connectivity index (χ1n) is 7.51. The summed E-state index contributed by atoms with van der Waals surface area (Å²) in [5, 5.41) is 1.16. The number of ether oxygens (including phenoxy) is 2. The molecule has 114 valence electrons. The Morgan fingerprint density at radius 2 is 2.14 bits per heavy atom. The van der Waals surface area contributed by atoms with Crippen molar-refractivity contribution in [2.75, 3.05) is 19.0 Å². The van der Waals surface area contributed by atoms with E-state index in [0.717, 1.165) is 29.7 Å². The Bertz CT molecular complexity index is 793. The van der Waals surface area contributed by atoms with Crippen LogP contribution in [0.5, 0.6) is 5.75 Å². The van der Waals surface area contributed by atoms with Crippen LogP contribution in [0.3, 0.4) is 0 Å². The second kappa shape index (κ2) is 4.88. The monoisotopic (exact) mass is 333 g/mol. The molecule has 1 aromatic heterocycles. The van der Waals surface area contributed by atoms with E-state index in [4.69, 9.17) is 9.47 Å². The van der Waals surface area contributed by atoms with Crippen LogP contribution in [0.1, 0.15) is 16.4 Å². The highest BCUT2D eigenvalue weighted by Crippen LogP contribution is 2.50. The Morgan fingerprint density at radius 1 is 1.27 bits per heavy atom. The van der Waals surface area contributed by atoms with E-state index in [1.54, 1.807) is 11.8 Å². The number of thioether (sulfide) groups is 1. The Kier molecular flexibility index (Phi) is 2.93. The lowest BCUT2D eigenvalue weighted by molar-refractivity contribution is 0.218. The van der Waals surface area contributed by atoms with Crippen LogP contribution in [0, 0.1) is 5.92 Å². The smallest absolute Gasteiger partial charge is 0.308 e. The number of hydrogen-bond donors (Lipinski definition) is 0. The molecule has 0 saturated carbocycles. The maximum Gasteiger partial charge on any atom is 0.308 e. The van der Waals surface area contributed by atoms with Crippen molar-refractivity contribution in [3.8, 4) is 5.75 Å². The molecule has 2 aromatic rings. The number of thiazole rings is 1. The molecule has 0 radical (unpaired) electrons. The summed E-state index contributed by atoms with van der Waals surface area (Å²) in [7, 11) is 0. The highest BCUT2D eigenvalue weighted by atomic mass is 32.2. The van der Waals surface area contributed by atoms with Crippen molar-refractivity contribution in [1.29, 1.82) is 0 Å². The van der Waals surface area contributed by atoms with Crippen LogP contribution in [0.4, 0.5) is 0 Å². The number of benzene rings is 1. The molecular formula is C16H15NO3S2. The second-order valence-corrected chi connectivity index (χ2v) is 8.00. The zero-order valence-electron chi connectivity index (χ0n) is 11.9. The van der Waals surface area contributed by atoms with Gasteiger partial charge in [0, 0.05) is 28.0 Å². The van der Waals surface area contributed by atoms with Crippen LogP contribution in [0.25, 0.3) is 0 Å². The van der Waals surface area contributed by atoms with Gasteiger partial charge in [-0.2, -0.15) is 0 Å². The van der Waals surface area contributed by atoms with Crippen LogP contribution in [0.2, 0.25) is 0 Å². The van der Waals surface area contributed by atoms with E-state index < -0.39 is 0 Å². The van der Waals surface area contributed by atoms with Crippen molar-refractivity contribution in [2.24, 2.45) is 5.92 Å². The molecule has 0 N–H and O–H groups in total. The third-order valence-electron chi connectivity index (χ3n) is 4.56. The van der Waals surface area contributed by atoms with Gasteiger partial charge in [-0.15, -0.1) is 11.8 Å². The van der Waals surface area contributed by atoms with Gasteiger partial charge in [-0.1, -0.05) is 29.5 Å². The van der Waals surface area contributed by atoms with E-state index in [1.807, 2.05) is 16.7 Å². The molecule has 4 heterocycles. The first-order valence-corrected chi connectivity index (χ1v) is 9.31. The molecule has 0 amide bonds. The molecule has 1 saturated heterocycles. The number of para-hydroxylation sites is 1. The highest BCUT2D eigenvalue weighted by molar-refractivity contribution is 7.99. The van der Waals surface area contributed by atoms with Gasteiger partial charge in [0.15, 0.2) is 0 Å². The first kappa shape index (κ1) is 13.2. The summed E-state index contributed by atoms with van der Waals surface area (Å²) in [6.45, 7) is 2.23. The number of fused-ring (bicyclic) bond motifs is 5. The van der Waals surface area contributed by atoms with Crippen molar-refractivity contribution in [3.05, 3.63) is 44.4 Å². The quantitative estimate of drug-likeness (QED) is 0.792. The molecule has 4 nitrogen and oxygen atoms in total. The minimum Gasteiger partial charge on any atom is -0.493 e. The molecule has 0 spiro atoms. The van der Waals surface area contributed by atoms with E-state index in [0.29, 0.717) is 18.4 Å². The molecule has 3 aliphatic heterocycles. The largest absolute Gasteiger partial charge is 0.493 e. The zero-order valence-corrected chi connectivity index (χ0v) is 13.5. The fourth-order valence-corrected chi connectivity index (χ4v) is 6.10. The second-order valence-electron chi connectivity index (χ2n) is 6.00.